The number of hydrogen-bond donors (Lipinski definition) is 3. The van der Waals surface area contributed by atoms with E-state index in [1.165, 1.54) is 0 Å². The van der Waals surface area contributed by atoms with Gasteiger partial charge in [0, 0.05) is 36.1 Å². The summed E-state index contributed by atoms with van der Waals surface area (Å²) in [6, 6.07) is 8.86. The van der Waals surface area contributed by atoms with Crippen molar-refractivity contribution >= 4 is 17.2 Å². The predicted octanol–water partition coefficient (Wildman–Crippen LogP) is 1.29. The lowest BCUT2D eigenvalue weighted by molar-refractivity contribution is 0.122. The Morgan fingerprint density at radius 3 is 2.84 bits per heavy atom. The molecule has 1 saturated heterocycles. The number of benzene rings is 1. The smallest absolute Gasteiger partial charge is 0.129 e. The summed E-state index contributed by atoms with van der Waals surface area (Å²) in [7, 11) is 0. The van der Waals surface area contributed by atoms with Gasteiger partial charge >= 0.3 is 0 Å². The molecule has 0 bridgehead atoms. The van der Waals surface area contributed by atoms with E-state index in [2.05, 4.69) is 9.88 Å². The number of aliphatic hydroxyl groups is 1. The van der Waals surface area contributed by atoms with E-state index in [9.17, 15) is 0 Å². The van der Waals surface area contributed by atoms with E-state index in [1.54, 1.807) is 30.5 Å². The van der Waals surface area contributed by atoms with Crippen molar-refractivity contribution in [2.45, 2.75) is 0 Å². The van der Waals surface area contributed by atoms with Crippen LogP contribution >= 0.6 is 0 Å². The summed E-state index contributed by atoms with van der Waals surface area (Å²) in [6.45, 7) is 3.07. The fraction of sp³-hybridized carbons (Fsp3) is 0.333. The number of anilines is 2. The monoisotopic (exact) mass is 342 g/mol. The Morgan fingerprint density at radius 1 is 1.28 bits per heavy atom. The van der Waals surface area contributed by atoms with Crippen LogP contribution in [0.2, 0.25) is 0 Å². The molecule has 7 heteroatoms. The van der Waals surface area contributed by atoms with Gasteiger partial charge in [-0.25, -0.2) is 4.98 Å². The molecule has 2 aromatic rings. The van der Waals surface area contributed by atoms with E-state index in [1.807, 2.05) is 6.07 Å². The molecule has 2 heterocycles. The van der Waals surface area contributed by atoms with Crippen LogP contribution in [0.15, 0.2) is 36.5 Å². The van der Waals surface area contributed by atoms with Crippen molar-refractivity contribution in [2.24, 2.45) is 0 Å². The first-order valence-electron chi connectivity index (χ1n) is 8.20. The summed E-state index contributed by atoms with van der Waals surface area (Å²) in [5.74, 6) is 1.40. The van der Waals surface area contributed by atoms with Crippen molar-refractivity contribution in [2.75, 3.05) is 50.2 Å². The highest BCUT2D eigenvalue weighted by molar-refractivity contribution is 6.14. The Morgan fingerprint density at radius 2 is 2.08 bits per heavy atom. The Bertz CT molecular complexity index is 745. The third-order valence-electron chi connectivity index (χ3n) is 4.02. The first-order chi connectivity index (χ1) is 12.2. The maximum atomic E-state index is 8.88. The molecular weight excluding hydrogens is 320 g/mol. The molecule has 1 aromatic heterocycles. The van der Waals surface area contributed by atoms with Gasteiger partial charge in [-0.2, -0.15) is 0 Å². The van der Waals surface area contributed by atoms with Crippen molar-refractivity contribution < 1.29 is 14.6 Å². The molecule has 1 fully saturated rings. The third kappa shape index (κ3) is 4.07. The molecule has 1 aliphatic rings. The van der Waals surface area contributed by atoms with E-state index in [4.69, 9.17) is 25.7 Å². The molecule has 0 aliphatic carbocycles. The highest BCUT2D eigenvalue weighted by Crippen LogP contribution is 2.24. The first kappa shape index (κ1) is 17.2. The predicted molar refractivity (Wildman–Crippen MR) is 96.6 cm³/mol. The number of aromatic nitrogens is 1. The second-order valence-corrected chi connectivity index (χ2v) is 5.70. The summed E-state index contributed by atoms with van der Waals surface area (Å²) in [6.07, 6.45) is 1.71. The minimum atomic E-state index is -0.0651. The molecule has 3 rings (SSSR count). The molecule has 0 atom stereocenters. The zero-order valence-corrected chi connectivity index (χ0v) is 13.9. The fourth-order valence-corrected chi connectivity index (χ4v) is 2.70. The topological polar surface area (TPSA) is 105 Å². The lowest BCUT2D eigenvalue weighted by atomic mass is 10.0. The van der Waals surface area contributed by atoms with Crippen LogP contribution in [0.1, 0.15) is 11.1 Å². The summed E-state index contributed by atoms with van der Waals surface area (Å²) >= 11 is 0. The standard InChI is InChI=1S/C18H22N4O3/c19-16-2-1-14(25-10-7-23)12-15(16)18(20)13-3-4-21-17(11-13)22-5-8-24-9-6-22/h1-4,11-12,20,23H,5-10,19H2. The molecule has 0 amide bonds. The number of aliphatic hydroxyl groups excluding tert-OH is 1. The fourth-order valence-electron chi connectivity index (χ4n) is 2.70. The average Bonchev–Trinajstić information content (AvgIpc) is 2.67. The van der Waals surface area contributed by atoms with Crippen molar-refractivity contribution in [3.63, 3.8) is 0 Å². The van der Waals surface area contributed by atoms with E-state index < -0.39 is 0 Å². The van der Waals surface area contributed by atoms with Crippen LogP contribution in [0.25, 0.3) is 0 Å². The Kier molecular flexibility index (Phi) is 5.47. The number of ether oxygens (including phenoxy) is 2. The summed E-state index contributed by atoms with van der Waals surface area (Å²) in [5, 5.41) is 17.4. The second-order valence-electron chi connectivity index (χ2n) is 5.70. The van der Waals surface area contributed by atoms with Gasteiger partial charge in [0.2, 0.25) is 0 Å². The first-order valence-corrected chi connectivity index (χ1v) is 8.20. The lowest BCUT2D eigenvalue weighted by Gasteiger charge is -2.28. The van der Waals surface area contributed by atoms with Gasteiger partial charge in [-0.1, -0.05) is 0 Å². The number of morpholine rings is 1. The average molecular weight is 342 g/mol. The van der Waals surface area contributed by atoms with Gasteiger partial charge in [0.15, 0.2) is 0 Å². The van der Waals surface area contributed by atoms with E-state index in [-0.39, 0.29) is 13.2 Å². The zero-order chi connectivity index (χ0) is 17.6. The van der Waals surface area contributed by atoms with E-state index in [0.29, 0.717) is 35.9 Å². The number of hydrogen-bond acceptors (Lipinski definition) is 7. The molecular formula is C18H22N4O3. The van der Waals surface area contributed by atoms with Crippen LogP contribution in [0.5, 0.6) is 5.75 Å². The van der Waals surface area contributed by atoms with E-state index in [0.717, 1.165) is 24.5 Å². The van der Waals surface area contributed by atoms with Crippen molar-refractivity contribution in [1.29, 1.82) is 5.41 Å². The molecule has 0 unspecified atom stereocenters. The number of nitrogens with one attached hydrogen (secondary N) is 1. The number of pyridine rings is 1. The minimum absolute atomic E-state index is 0.0651. The summed E-state index contributed by atoms with van der Waals surface area (Å²) in [5.41, 5.74) is 8.19. The number of nitrogen functional groups attached to an aromatic ring is 1. The van der Waals surface area contributed by atoms with Crippen molar-refractivity contribution in [1.82, 2.24) is 4.98 Å². The van der Waals surface area contributed by atoms with Crippen LogP contribution in [-0.4, -0.2) is 55.3 Å². The van der Waals surface area contributed by atoms with Gasteiger partial charge in [0.1, 0.15) is 18.2 Å². The number of rotatable bonds is 6. The van der Waals surface area contributed by atoms with Crippen LogP contribution in [0.4, 0.5) is 11.5 Å². The molecule has 1 aromatic carbocycles. The second kappa shape index (κ2) is 7.96. The number of nitrogens with zero attached hydrogens (tertiary/aromatic N) is 2. The Balaban J connectivity index is 1.85. The van der Waals surface area contributed by atoms with Gasteiger partial charge in [-0.15, -0.1) is 0 Å². The molecule has 7 nitrogen and oxygen atoms in total. The van der Waals surface area contributed by atoms with Crippen LogP contribution in [-0.2, 0) is 4.74 Å². The SMILES string of the molecule is N=C(c1ccnc(N2CCOCC2)c1)c1cc(OCCO)ccc1N. The van der Waals surface area contributed by atoms with Gasteiger partial charge in [0.05, 0.1) is 25.5 Å². The summed E-state index contributed by atoms with van der Waals surface area (Å²) < 4.78 is 10.8. The number of nitrogens with two attached hydrogens (primary N) is 1. The highest BCUT2D eigenvalue weighted by Gasteiger charge is 2.15. The van der Waals surface area contributed by atoms with Gasteiger partial charge in [-0.05, 0) is 30.3 Å². The van der Waals surface area contributed by atoms with E-state index >= 15 is 0 Å². The molecule has 25 heavy (non-hydrogen) atoms. The molecule has 0 radical (unpaired) electrons. The Hall–Kier alpha value is -2.64. The van der Waals surface area contributed by atoms with Crippen LogP contribution in [0, 0.1) is 5.41 Å². The molecule has 132 valence electrons. The Labute approximate surface area is 146 Å². The highest BCUT2D eigenvalue weighted by atomic mass is 16.5. The quantitative estimate of drug-likeness (QED) is 0.540. The van der Waals surface area contributed by atoms with Crippen molar-refractivity contribution in [3.8, 4) is 5.75 Å². The molecule has 4 N–H and O–H groups in total. The molecule has 0 saturated carbocycles. The normalized spacial score (nSPS) is 14.4. The molecule has 0 spiro atoms. The van der Waals surface area contributed by atoms with Crippen molar-refractivity contribution in [3.05, 3.63) is 47.7 Å². The van der Waals surface area contributed by atoms with Crippen LogP contribution in [0.3, 0.4) is 0 Å². The maximum Gasteiger partial charge on any atom is 0.129 e. The van der Waals surface area contributed by atoms with Gasteiger partial charge < -0.3 is 25.2 Å². The van der Waals surface area contributed by atoms with Gasteiger partial charge in [0.25, 0.3) is 0 Å². The molecule has 1 aliphatic heterocycles. The zero-order valence-electron chi connectivity index (χ0n) is 13.9. The van der Waals surface area contributed by atoms with Crippen LogP contribution < -0.4 is 15.4 Å². The van der Waals surface area contributed by atoms with Gasteiger partial charge in [-0.3, -0.25) is 5.41 Å². The summed E-state index contributed by atoms with van der Waals surface area (Å²) in [4.78, 5) is 6.55. The largest absolute Gasteiger partial charge is 0.491 e. The third-order valence-corrected chi connectivity index (χ3v) is 4.02. The lowest BCUT2D eigenvalue weighted by Crippen LogP contribution is -2.36. The minimum Gasteiger partial charge on any atom is -0.491 e. The maximum absolute atomic E-state index is 8.88.